The number of anilines is 1. The Balaban J connectivity index is 1.99. The van der Waals surface area contributed by atoms with Crippen molar-refractivity contribution < 1.29 is 0 Å². The van der Waals surface area contributed by atoms with Crippen molar-refractivity contribution in [3.8, 4) is 11.4 Å². The van der Waals surface area contributed by atoms with E-state index in [0.717, 1.165) is 22.3 Å². The second-order valence-electron chi connectivity index (χ2n) is 5.82. The maximum absolute atomic E-state index is 4.75. The average molecular weight is 299 g/mol. The highest BCUT2D eigenvalue weighted by atomic mass is 15.1. The van der Waals surface area contributed by atoms with Crippen molar-refractivity contribution in [3.05, 3.63) is 66.9 Å². The highest BCUT2D eigenvalue weighted by Crippen LogP contribution is 2.33. The van der Waals surface area contributed by atoms with Gasteiger partial charge in [0.2, 0.25) is 0 Å². The standard InChI is InChI=1S/C20H17N3/c1-23(2)19-12-11-17(15-8-4-5-9-16(15)19)20-21-13-14-7-3-6-10-18(14)22-20/h3-13H,1-2H3. The number of nitrogens with zero attached hydrogens (tertiary/aromatic N) is 3. The van der Waals surface area contributed by atoms with E-state index in [1.165, 1.54) is 16.5 Å². The fourth-order valence-electron chi connectivity index (χ4n) is 2.97. The monoisotopic (exact) mass is 299 g/mol. The summed E-state index contributed by atoms with van der Waals surface area (Å²) < 4.78 is 0. The molecule has 0 amide bonds. The fraction of sp³-hybridized carbons (Fsp3) is 0.100. The first-order chi connectivity index (χ1) is 11.2. The summed E-state index contributed by atoms with van der Waals surface area (Å²) >= 11 is 0. The second-order valence-corrected chi connectivity index (χ2v) is 5.82. The molecule has 0 aliphatic rings. The van der Waals surface area contributed by atoms with Crippen LogP contribution in [0, 0.1) is 0 Å². The molecular formula is C20H17N3. The number of para-hydroxylation sites is 1. The molecular weight excluding hydrogens is 282 g/mol. The maximum Gasteiger partial charge on any atom is 0.160 e. The van der Waals surface area contributed by atoms with Gasteiger partial charge in [-0.25, -0.2) is 9.97 Å². The number of aromatic nitrogens is 2. The third-order valence-corrected chi connectivity index (χ3v) is 4.11. The molecule has 0 bridgehead atoms. The second kappa shape index (κ2) is 5.36. The normalized spacial score (nSPS) is 11.0. The van der Waals surface area contributed by atoms with Crippen LogP contribution in [-0.2, 0) is 0 Å². The first-order valence-corrected chi connectivity index (χ1v) is 7.65. The highest BCUT2D eigenvalue weighted by Gasteiger charge is 2.11. The van der Waals surface area contributed by atoms with Crippen LogP contribution in [0.4, 0.5) is 5.69 Å². The SMILES string of the molecule is CN(C)c1ccc(-c2ncc3ccccc3n2)c2ccccc12. The summed E-state index contributed by atoms with van der Waals surface area (Å²) in [5.74, 6) is 0.769. The Bertz CT molecular complexity index is 1010. The molecule has 0 aliphatic carbocycles. The van der Waals surface area contributed by atoms with E-state index in [-0.39, 0.29) is 0 Å². The third-order valence-electron chi connectivity index (χ3n) is 4.11. The molecule has 0 radical (unpaired) electrons. The molecule has 3 heteroatoms. The molecule has 4 aromatic rings. The smallest absolute Gasteiger partial charge is 0.160 e. The Morgan fingerprint density at radius 1 is 0.783 bits per heavy atom. The summed E-state index contributed by atoms with van der Waals surface area (Å²) in [7, 11) is 4.13. The Hall–Kier alpha value is -2.94. The van der Waals surface area contributed by atoms with Gasteiger partial charge in [0, 0.05) is 42.3 Å². The van der Waals surface area contributed by atoms with Crippen LogP contribution < -0.4 is 4.90 Å². The molecule has 0 aliphatic heterocycles. The van der Waals surface area contributed by atoms with Crippen molar-refractivity contribution in [2.45, 2.75) is 0 Å². The fourth-order valence-corrected chi connectivity index (χ4v) is 2.97. The number of fused-ring (bicyclic) bond motifs is 2. The zero-order valence-corrected chi connectivity index (χ0v) is 13.2. The number of benzene rings is 3. The van der Waals surface area contributed by atoms with Crippen molar-refractivity contribution in [1.29, 1.82) is 0 Å². The van der Waals surface area contributed by atoms with Gasteiger partial charge < -0.3 is 4.90 Å². The lowest BCUT2D eigenvalue weighted by Gasteiger charge is -2.17. The van der Waals surface area contributed by atoms with Gasteiger partial charge in [0.25, 0.3) is 0 Å². The first kappa shape index (κ1) is 13.7. The number of hydrogen-bond donors (Lipinski definition) is 0. The lowest BCUT2D eigenvalue weighted by molar-refractivity contribution is 1.14. The third kappa shape index (κ3) is 2.30. The molecule has 0 N–H and O–H groups in total. The van der Waals surface area contributed by atoms with Gasteiger partial charge >= 0.3 is 0 Å². The zero-order chi connectivity index (χ0) is 15.8. The highest BCUT2D eigenvalue weighted by molar-refractivity contribution is 6.03. The summed E-state index contributed by atoms with van der Waals surface area (Å²) in [6.45, 7) is 0. The van der Waals surface area contributed by atoms with Gasteiger partial charge in [0.15, 0.2) is 5.82 Å². The maximum atomic E-state index is 4.75. The van der Waals surface area contributed by atoms with Crippen molar-refractivity contribution in [1.82, 2.24) is 9.97 Å². The molecule has 4 rings (SSSR count). The molecule has 112 valence electrons. The van der Waals surface area contributed by atoms with Gasteiger partial charge in [-0.15, -0.1) is 0 Å². The van der Waals surface area contributed by atoms with E-state index in [4.69, 9.17) is 4.98 Å². The summed E-state index contributed by atoms with van der Waals surface area (Å²) in [6.07, 6.45) is 1.90. The van der Waals surface area contributed by atoms with Crippen LogP contribution in [0.3, 0.4) is 0 Å². The predicted molar refractivity (Wildman–Crippen MR) is 96.8 cm³/mol. The van der Waals surface area contributed by atoms with Gasteiger partial charge in [0.05, 0.1) is 5.52 Å². The number of hydrogen-bond acceptors (Lipinski definition) is 3. The zero-order valence-electron chi connectivity index (χ0n) is 13.2. The summed E-state index contributed by atoms with van der Waals surface area (Å²) in [5.41, 5.74) is 3.24. The van der Waals surface area contributed by atoms with Gasteiger partial charge in [-0.05, 0) is 23.6 Å². The van der Waals surface area contributed by atoms with Crippen LogP contribution in [-0.4, -0.2) is 24.1 Å². The van der Waals surface area contributed by atoms with E-state index >= 15 is 0 Å². The quantitative estimate of drug-likeness (QED) is 0.545. The van der Waals surface area contributed by atoms with Crippen LogP contribution >= 0.6 is 0 Å². The van der Waals surface area contributed by atoms with E-state index in [9.17, 15) is 0 Å². The summed E-state index contributed by atoms with van der Waals surface area (Å²) in [6, 6.07) is 20.7. The molecule has 1 heterocycles. The van der Waals surface area contributed by atoms with E-state index in [2.05, 4.69) is 60.4 Å². The predicted octanol–water partition coefficient (Wildman–Crippen LogP) is 4.52. The summed E-state index contributed by atoms with van der Waals surface area (Å²) in [4.78, 5) is 11.5. The average Bonchev–Trinajstić information content (AvgIpc) is 2.60. The van der Waals surface area contributed by atoms with Crippen molar-refractivity contribution in [3.63, 3.8) is 0 Å². The lowest BCUT2D eigenvalue weighted by atomic mass is 10.0. The van der Waals surface area contributed by atoms with Gasteiger partial charge in [-0.2, -0.15) is 0 Å². The van der Waals surface area contributed by atoms with Crippen molar-refractivity contribution in [2.75, 3.05) is 19.0 Å². The van der Waals surface area contributed by atoms with Gasteiger partial charge in [-0.3, -0.25) is 0 Å². The van der Waals surface area contributed by atoms with Crippen molar-refractivity contribution in [2.24, 2.45) is 0 Å². The molecule has 0 fully saturated rings. The molecule has 0 saturated heterocycles. The molecule has 23 heavy (non-hydrogen) atoms. The summed E-state index contributed by atoms with van der Waals surface area (Å²) in [5, 5.41) is 3.45. The lowest BCUT2D eigenvalue weighted by Crippen LogP contribution is -2.09. The van der Waals surface area contributed by atoms with Crippen LogP contribution in [0.1, 0.15) is 0 Å². The Morgan fingerprint density at radius 3 is 2.35 bits per heavy atom. The molecule has 3 nitrogen and oxygen atoms in total. The largest absolute Gasteiger partial charge is 0.377 e. The molecule has 0 atom stereocenters. The molecule has 1 aromatic heterocycles. The Labute approximate surface area is 135 Å². The minimum absolute atomic E-state index is 0.769. The van der Waals surface area contributed by atoms with E-state index in [0.29, 0.717) is 0 Å². The molecule has 3 aromatic carbocycles. The Kier molecular flexibility index (Phi) is 3.19. The Morgan fingerprint density at radius 2 is 1.52 bits per heavy atom. The van der Waals surface area contributed by atoms with Gasteiger partial charge in [0.1, 0.15) is 0 Å². The topological polar surface area (TPSA) is 29.0 Å². The minimum atomic E-state index is 0.769. The van der Waals surface area contributed by atoms with E-state index < -0.39 is 0 Å². The van der Waals surface area contributed by atoms with E-state index in [1.807, 2.05) is 30.5 Å². The van der Waals surface area contributed by atoms with Crippen LogP contribution in [0.5, 0.6) is 0 Å². The van der Waals surface area contributed by atoms with Crippen LogP contribution in [0.25, 0.3) is 33.1 Å². The molecule has 0 spiro atoms. The minimum Gasteiger partial charge on any atom is -0.377 e. The van der Waals surface area contributed by atoms with Crippen LogP contribution in [0.15, 0.2) is 66.9 Å². The number of rotatable bonds is 2. The van der Waals surface area contributed by atoms with Gasteiger partial charge in [-0.1, -0.05) is 42.5 Å². The van der Waals surface area contributed by atoms with E-state index in [1.54, 1.807) is 0 Å². The first-order valence-electron chi connectivity index (χ1n) is 7.65. The molecule has 0 saturated carbocycles. The molecule has 0 unspecified atom stereocenters. The van der Waals surface area contributed by atoms with Crippen molar-refractivity contribution >= 4 is 27.4 Å². The van der Waals surface area contributed by atoms with Crippen LogP contribution in [0.2, 0.25) is 0 Å².